The van der Waals surface area contributed by atoms with Gasteiger partial charge in [-0.1, -0.05) is 60.7 Å². The zero-order valence-electron chi connectivity index (χ0n) is 20.8. The monoisotopic (exact) mass is 519 g/mol. The number of ether oxygens (including phenoxy) is 4. The summed E-state index contributed by atoms with van der Waals surface area (Å²) in [5, 5.41) is 2.67. The number of amides is 2. The summed E-state index contributed by atoms with van der Waals surface area (Å²) >= 11 is 0. The van der Waals surface area contributed by atoms with E-state index in [1.807, 2.05) is 65.4 Å². The van der Waals surface area contributed by atoms with Crippen LogP contribution < -0.4 is 14.8 Å². The molecule has 10 nitrogen and oxygen atoms in total. The van der Waals surface area contributed by atoms with E-state index in [-0.39, 0.29) is 13.2 Å². The van der Waals surface area contributed by atoms with Gasteiger partial charge in [0.2, 0.25) is 0 Å². The second-order valence-corrected chi connectivity index (χ2v) is 11.2. The van der Waals surface area contributed by atoms with E-state index in [0.29, 0.717) is 0 Å². The average Bonchev–Trinajstić information content (AvgIpc) is 2.82. The molecule has 2 heterocycles. The first kappa shape index (κ1) is 26.5. The molecule has 4 atom stereocenters. The number of urea groups is 1. The Morgan fingerprint density at radius 1 is 0.778 bits per heavy atom. The molecule has 2 aromatic carbocycles. The van der Waals surface area contributed by atoms with Gasteiger partial charge in [-0.15, -0.1) is 0 Å². The third kappa shape index (κ3) is 6.81. The van der Waals surface area contributed by atoms with E-state index in [2.05, 4.69) is 10.0 Å². The fourth-order valence-electron chi connectivity index (χ4n) is 4.25. The molecular weight excluding hydrogens is 486 g/mol. The maximum absolute atomic E-state index is 12.9. The molecule has 0 bridgehead atoms. The average molecular weight is 520 g/mol. The number of hydrogen-bond acceptors (Lipinski definition) is 7. The molecule has 2 amide bonds. The van der Waals surface area contributed by atoms with Crippen LogP contribution in [0.3, 0.4) is 0 Å². The third-order valence-corrected chi connectivity index (χ3v) is 6.95. The molecule has 4 unspecified atom stereocenters. The van der Waals surface area contributed by atoms with Crippen molar-refractivity contribution in [2.24, 2.45) is 0 Å². The minimum absolute atomic E-state index is 0.0601. The van der Waals surface area contributed by atoms with E-state index in [1.54, 1.807) is 27.7 Å². The maximum Gasteiger partial charge on any atom is 0.329 e. The van der Waals surface area contributed by atoms with E-state index in [0.717, 1.165) is 11.1 Å². The van der Waals surface area contributed by atoms with Crippen molar-refractivity contribution in [1.82, 2.24) is 14.8 Å². The van der Waals surface area contributed by atoms with Crippen molar-refractivity contribution in [2.75, 3.05) is 13.2 Å². The van der Waals surface area contributed by atoms with Crippen LogP contribution in [-0.4, -0.2) is 51.3 Å². The molecule has 0 spiro atoms. The van der Waals surface area contributed by atoms with Crippen LogP contribution in [0.5, 0.6) is 0 Å². The van der Waals surface area contributed by atoms with Crippen LogP contribution >= 0.6 is 0 Å². The van der Waals surface area contributed by atoms with Crippen LogP contribution in [0.2, 0.25) is 0 Å². The highest BCUT2D eigenvalue weighted by molar-refractivity contribution is 7.88. The minimum Gasteiger partial charge on any atom is -0.349 e. The van der Waals surface area contributed by atoms with Gasteiger partial charge < -0.3 is 24.3 Å². The summed E-state index contributed by atoms with van der Waals surface area (Å²) in [4.78, 5) is 12.7. The Morgan fingerprint density at radius 2 is 1.22 bits per heavy atom. The van der Waals surface area contributed by atoms with Gasteiger partial charge in [0.1, 0.15) is 12.2 Å². The second kappa shape index (κ2) is 10.4. The van der Waals surface area contributed by atoms with Crippen LogP contribution in [0.25, 0.3) is 0 Å². The minimum atomic E-state index is -4.27. The molecule has 2 saturated heterocycles. The zero-order chi connectivity index (χ0) is 26.0. The molecule has 2 aliphatic heterocycles. The highest BCUT2D eigenvalue weighted by Crippen LogP contribution is 2.34. The third-order valence-electron chi connectivity index (χ3n) is 5.88. The Balaban J connectivity index is 1.43. The Bertz CT molecular complexity index is 1140. The number of benzene rings is 2. The van der Waals surface area contributed by atoms with E-state index in [9.17, 15) is 13.2 Å². The molecule has 196 valence electrons. The van der Waals surface area contributed by atoms with Gasteiger partial charge in [-0.25, -0.2) is 9.52 Å². The van der Waals surface area contributed by atoms with Crippen LogP contribution in [0, 0.1) is 0 Å². The van der Waals surface area contributed by atoms with E-state index < -0.39 is 52.1 Å². The molecule has 4 rings (SSSR count). The lowest BCUT2D eigenvalue weighted by Crippen LogP contribution is -2.58. The quantitative estimate of drug-likeness (QED) is 0.536. The van der Waals surface area contributed by atoms with Crippen molar-refractivity contribution in [2.45, 2.75) is 63.6 Å². The summed E-state index contributed by atoms with van der Waals surface area (Å²) in [5.74, 6) is -1.75. The second-order valence-electron chi connectivity index (χ2n) is 9.73. The Labute approximate surface area is 211 Å². The van der Waals surface area contributed by atoms with E-state index in [1.165, 1.54) is 0 Å². The van der Waals surface area contributed by atoms with Crippen molar-refractivity contribution >= 4 is 16.2 Å². The lowest BCUT2D eigenvalue weighted by Gasteiger charge is -2.42. The molecule has 0 radical (unpaired) electrons. The summed E-state index contributed by atoms with van der Waals surface area (Å²) in [6.07, 6.45) is -1.14. The lowest BCUT2D eigenvalue weighted by molar-refractivity contribution is -0.284. The van der Waals surface area contributed by atoms with Crippen molar-refractivity contribution in [3.05, 3.63) is 71.8 Å². The number of carbonyl (C=O) groups excluding carboxylic acids is 1. The normalized spacial score (nSPS) is 27.7. The van der Waals surface area contributed by atoms with Gasteiger partial charge in [-0.2, -0.15) is 13.1 Å². The fourth-order valence-corrected chi connectivity index (χ4v) is 5.20. The lowest BCUT2D eigenvalue weighted by atomic mass is 10.0. The summed E-state index contributed by atoms with van der Waals surface area (Å²) < 4.78 is 53.7. The molecule has 36 heavy (non-hydrogen) atoms. The van der Waals surface area contributed by atoms with Crippen molar-refractivity contribution in [3.8, 4) is 0 Å². The number of rotatable bonds is 6. The van der Waals surface area contributed by atoms with Crippen LogP contribution in [-0.2, 0) is 29.2 Å². The van der Waals surface area contributed by atoms with Crippen molar-refractivity contribution < 1.29 is 32.2 Å². The Hall–Kier alpha value is -2.54. The maximum atomic E-state index is 12.9. The summed E-state index contributed by atoms with van der Waals surface area (Å²) in [7, 11) is -4.27. The van der Waals surface area contributed by atoms with Crippen molar-refractivity contribution in [1.29, 1.82) is 0 Å². The predicted octanol–water partition coefficient (Wildman–Crippen LogP) is 2.91. The van der Waals surface area contributed by atoms with Gasteiger partial charge in [0.15, 0.2) is 11.6 Å². The topological polar surface area (TPSA) is 124 Å². The SMILES string of the molecule is CC1(C)OCC(NC(=O)NS(=O)(=O)NC2COC(C)(C)OC2c2ccccc2)C(c2ccccc2)O1. The van der Waals surface area contributed by atoms with Crippen molar-refractivity contribution in [3.63, 3.8) is 0 Å². The van der Waals surface area contributed by atoms with Gasteiger partial charge in [0.25, 0.3) is 0 Å². The predicted molar refractivity (Wildman–Crippen MR) is 132 cm³/mol. The Kier molecular flexibility index (Phi) is 7.69. The molecule has 11 heteroatoms. The van der Waals surface area contributed by atoms with Gasteiger partial charge >= 0.3 is 16.2 Å². The molecule has 2 aliphatic rings. The molecule has 0 saturated carbocycles. The number of hydrogen-bond donors (Lipinski definition) is 3. The molecule has 0 aliphatic carbocycles. The van der Waals surface area contributed by atoms with Gasteiger partial charge in [-0.3, -0.25) is 0 Å². The molecule has 0 aromatic heterocycles. The standard InChI is InChI=1S/C25H33N3O7S/c1-24(2)32-15-19(21(34-24)17-11-7-5-8-12-17)26-23(29)28-36(30,31)27-20-16-33-25(3,4)35-22(20)18-13-9-6-10-14-18/h5-14,19-22,27H,15-16H2,1-4H3,(H2,26,28,29). The summed E-state index contributed by atoms with van der Waals surface area (Å²) in [5.41, 5.74) is 1.63. The first-order valence-corrected chi connectivity index (χ1v) is 13.3. The first-order valence-electron chi connectivity index (χ1n) is 11.8. The summed E-state index contributed by atoms with van der Waals surface area (Å²) in [6.45, 7) is 7.29. The number of nitrogens with one attached hydrogen (secondary N) is 3. The highest BCUT2D eigenvalue weighted by atomic mass is 32.2. The van der Waals surface area contributed by atoms with Crippen LogP contribution in [0.1, 0.15) is 51.0 Å². The summed E-state index contributed by atoms with van der Waals surface area (Å²) in [6, 6.07) is 16.3. The van der Waals surface area contributed by atoms with Gasteiger partial charge in [-0.05, 0) is 38.8 Å². The first-order chi connectivity index (χ1) is 16.9. The number of carbonyl (C=O) groups is 1. The van der Waals surface area contributed by atoms with Crippen LogP contribution in [0.4, 0.5) is 4.79 Å². The Morgan fingerprint density at radius 3 is 1.72 bits per heavy atom. The zero-order valence-corrected chi connectivity index (χ0v) is 21.6. The largest absolute Gasteiger partial charge is 0.349 e. The van der Waals surface area contributed by atoms with E-state index >= 15 is 0 Å². The molecular formula is C25H33N3O7S. The fraction of sp³-hybridized carbons (Fsp3) is 0.480. The van der Waals surface area contributed by atoms with E-state index in [4.69, 9.17) is 18.9 Å². The molecule has 2 aromatic rings. The van der Waals surface area contributed by atoms with Gasteiger partial charge in [0.05, 0.1) is 25.3 Å². The molecule has 2 fully saturated rings. The van der Waals surface area contributed by atoms with Crippen LogP contribution in [0.15, 0.2) is 60.7 Å². The highest BCUT2D eigenvalue weighted by Gasteiger charge is 2.41. The van der Waals surface area contributed by atoms with Gasteiger partial charge in [0, 0.05) is 0 Å². The molecule has 3 N–H and O–H groups in total. The smallest absolute Gasteiger partial charge is 0.329 e.